The highest BCUT2D eigenvalue weighted by molar-refractivity contribution is 7.96. The molecule has 0 aromatic rings. The third kappa shape index (κ3) is 3.07. The van der Waals surface area contributed by atoms with Crippen LogP contribution in [0.1, 0.15) is 6.42 Å². The van der Waals surface area contributed by atoms with E-state index < -0.39 is 35.8 Å². The van der Waals surface area contributed by atoms with Crippen LogP contribution < -0.4 is 4.67 Å². The minimum absolute atomic E-state index is 0.122. The maximum absolute atomic E-state index is 12.7. The number of aliphatic hydroxyl groups is 2. The highest BCUT2D eigenvalue weighted by atomic mass is 32.1. The summed E-state index contributed by atoms with van der Waals surface area (Å²) in [6, 6.07) is 0. The molecule has 2 aliphatic rings. The highest BCUT2D eigenvalue weighted by Gasteiger charge is 2.74. The monoisotopic (exact) mass is 327 g/mol. The van der Waals surface area contributed by atoms with Crippen LogP contribution in [0.5, 0.6) is 0 Å². The van der Waals surface area contributed by atoms with Crippen LogP contribution in [-0.2, 0) is 4.74 Å². The summed E-state index contributed by atoms with van der Waals surface area (Å²) in [5.74, 6) is -2.40. The number of nitrogens with zero attached hydrogens (tertiary/aromatic N) is 2. The predicted molar refractivity (Wildman–Crippen MR) is 74.2 cm³/mol. The van der Waals surface area contributed by atoms with Crippen LogP contribution in [0.15, 0.2) is 0 Å². The van der Waals surface area contributed by atoms with Crippen molar-refractivity contribution in [3.63, 3.8) is 0 Å². The van der Waals surface area contributed by atoms with Crippen LogP contribution >= 0.6 is 12.6 Å². The number of hydrogen-bond donors (Lipinski definition) is 3. The van der Waals surface area contributed by atoms with E-state index in [4.69, 9.17) is 4.74 Å². The lowest BCUT2D eigenvalue weighted by atomic mass is 9.90. The highest BCUT2D eigenvalue weighted by Crippen LogP contribution is 2.59. The first-order valence-corrected chi connectivity index (χ1v) is 6.88. The van der Waals surface area contributed by atoms with Crippen molar-refractivity contribution >= 4 is 24.0 Å². The Bertz CT molecular complexity index is 479. The van der Waals surface area contributed by atoms with E-state index in [1.54, 1.807) is 19.0 Å². The Balaban J connectivity index is 2.10. The molecule has 1 unspecified atom stereocenters. The van der Waals surface area contributed by atoms with Gasteiger partial charge in [0.25, 0.3) is 0 Å². The summed E-state index contributed by atoms with van der Waals surface area (Å²) >= 11 is 4.09. The van der Waals surface area contributed by atoms with Gasteiger partial charge in [-0.25, -0.2) is 9.57 Å². The predicted octanol–water partition coefficient (Wildman–Crippen LogP) is -0.339. The summed E-state index contributed by atoms with van der Waals surface area (Å²) in [6.07, 6.45) is -6.34. The van der Waals surface area contributed by atoms with Crippen molar-refractivity contribution in [3.8, 4) is 0 Å². The SMILES string of the molecule is CN(C)C(S)=[N+]=CC1CO[C@@]2(C[C@H]2C(F)(F)F)[C@@H](O)[C@@H]1O. The van der Waals surface area contributed by atoms with Crippen molar-refractivity contribution in [3.05, 3.63) is 0 Å². The molecular formula is C12H18F3N2O3S+. The van der Waals surface area contributed by atoms with E-state index in [-0.39, 0.29) is 13.0 Å². The Hall–Kier alpha value is -0.730. The second-order valence-corrected chi connectivity index (χ2v) is 6.04. The zero-order chi connectivity index (χ0) is 16.0. The smallest absolute Gasteiger partial charge is 0.389 e. The van der Waals surface area contributed by atoms with Crippen molar-refractivity contribution in [2.45, 2.75) is 30.4 Å². The number of ether oxygens (including phenoxy) is 1. The lowest BCUT2D eigenvalue weighted by Crippen LogP contribution is -2.54. The van der Waals surface area contributed by atoms with Gasteiger partial charge in [-0.1, -0.05) is 0 Å². The molecule has 2 fully saturated rings. The van der Waals surface area contributed by atoms with Crippen LogP contribution in [0.3, 0.4) is 0 Å². The molecule has 21 heavy (non-hydrogen) atoms. The molecule has 2 N–H and O–H groups in total. The van der Waals surface area contributed by atoms with Crippen molar-refractivity contribution in [1.82, 2.24) is 9.57 Å². The Kier molecular flexibility index (Phi) is 4.34. The van der Waals surface area contributed by atoms with E-state index in [9.17, 15) is 23.4 Å². The first-order chi connectivity index (χ1) is 9.59. The lowest BCUT2D eigenvalue weighted by molar-refractivity contribution is -0.213. The van der Waals surface area contributed by atoms with Gasteiger partial charge in [0.1, 0.15) is 11.7 Å². The molecule has 120 valence electrons. The minimum Gasteiger partial charge on any atom is -0.389 e. The summed E-state index contributed by atoms with van der Waals surface area (Å²) in [5.41, 5.74) is -1.70. The zero-order valence-electron chi connectivity index (χ0n) is 11.6. The fourth-order valence-corrected chi connectivity index (χ4v) is 2.57. The van der Waals surface area contributed by atoms with Gasteiger partial charge in [-0.05, 0) is 19.0 Å². The quantitative estimate of drug-likeness (QED) is 0.267. The Morgan fingerprint density at radius 2 is 2.05 bits per heavy atom. The third-order valence-electron chi connectivity index (χ3n) is 3.94. The molecule has 0 radical (unpaired) electrons. The fraction of sp³-hybridized carbons (Fsp3) is 0.833. The molecule has 1 heterocycles. The molecule has 0 amide bonds. The number of hydrogen-bond acceptors (Lipinski definition) is 3. The van der Waals surface area contributed by atoms with Gasteiger partial charge in [-0.15, -0.1) is 0 Å². The first-order valence-electron chi connectivity index (χ1n) is 6.44. The van der Waals surface area contributed by atoms with Crippen molar-refractivity contribution in [1.29, 1.82) is 0 Å². The lowest BCUT2D eigenvalue weighted by Gasteiger charge is -2.36. The van der Waals surface area contributed by atoms with Crippen molar-refractivity contribution in [2.75, 3.05) is 20.7 Å². The van der Waals surface area contributed by atoms with E-state index >= 15 is 0 Å². The minimum atomic E-state index is -4.43. The standard InChI is InChI=1S/C12H17F3N2O3S/c1-17(2)10(21)16-4-6-5-20-11(9(19)8(6)18)3-7(11)12(13,14)15/h4,6-9,18-19H,3,5H2,1-2H3/p+1/t6?,7-,8-,9+,11-/m1/s1. The van der Waals surface area contributed by atoms with E-state index in [1.807, 2.05) is 0 Å². The second-order valence-electron chi connectivity index (χ2n) is 5.64. The van der Waals surface area contributed by atoms with E-state index in [0.717, 1.165) is 0 Å². The number of alkyl halides is 3. The number of amidine groups is 1. The van der Waals surface area contributed by atoms with Gasteiger partial charge in [-0.2, -0.15) is 13.2 Å². The molecule has 0 aromatic heterocycles. The van der Waals surface area contributed by atoms with Crippen molar-refractivity contribution in [2.24, 2.45) is 11.8 Å². The molecule has 1 aliphatic heterocycles. The molecule has 1 aliphatic carbocycles. The first kappa shape index (κ1) is 16.6. The van der Waals surface area contributed by atoms with Crippen LogP contribution in [-0.4, -0.2) is 71.2 Å². The maximum Gasteiger partial charge on any atom is 0.402 e. The average Bonchev–Trinajstić information content (AvgIpc) is 3.11. The van der Waals surface area contributed by atoms with Gasteiger partial charge in [0.15, 0.2) is 6.21 Å². The van der Waals surface area contributed by atoms with E-state index in [0.29, 0.717) is 5.17 Å². The summed E-state index contributed by atoms with van der Waals surface area (Å²) in [5, 5.41) is 20.4. The topological polar surface area (TPSA) is 67.0 Å². The molecule has 1 saturated heterocycles. The number of rotatable bonds is 1. The molecule has 0 bridgehead atoms. The summed E-state index contributed by atoms with van der Waals surface area (Å²) < 4.78 is 47.3. The van der Waals surface area contributed by atoms with Crippen LogP contribution in [0.25, 0.3) is 0 Å². The normalized spacial score (nSPS) is 38.9. The largest absolute Gasteiger partial charge is 0.402 e. The third-order valence-corrected chi connectivity index (χ3v) is 4.45. The number of halogens is 3. The van der Waals surface area contributed by atoms with Gasteiger partial charge in [0.2, 0.25) is 0 Å². The van der Waals surface area contributed by atoms with Gasteiger partial charge in [0.05, 0.1) is 38.6 Å². The summed E-state index contributed by atoms with van der Waals surface area (Å²) in [4.78, 5) is 1.62. The van der Waals surface area contributed by atoms with Gasteiger partial charge in [0, 0.05) is 0 Å². The summed E-state index contributed by atoms with van der Waals surface area (Å²) in [7, 11) is 3.44. The number of thiol groups is 1. The van der Waals surface area contributed by atoms with Crippen LogP contribution in [0, 0.1) is 11.8 Å². The van der Waals surface area contributed by atoms with Crippen LogP contribution in [0.2, 0.25) is 0 Å². The number of aliphatic hydroxyl groups excluding tert-OH is 2. The Labute approximate surface area is 125 Å². The van der Waals surface area contributed by atoms with Crippen LogP contribution in [0.4, 0.5) is 13.2 Å². The molecule has 2 rings (SSSR count). The Morgan fingerprint density at radius 3 is 2.52 bits per heavy atom. The molecule has 1 saturated carbocycles. The fourth-order valence-electron chi connectivity index (χ4n) is 2.51. The second kappa shape index (κ2) is 5.48. The molecule has 9 heteroatoms. The van der Waals surface area contributed by atoms with E-state index in [1.165, 1.54) is 6.21 Å². The molecule has 1 spiro atoms. The molecule has 0 aromatic carbocycles. The molecular weight excluding hydrogens is 309 g/mol. The Morgan fingerprint density at radius 1 is 1.43 bits per heavy atom. The zero-order valence-corrected chi connectivity index (χ0v) is 12.5. The molecule has 5 nitrogen and oxygen atoms in total. The molecule has 5 atom stereocenters. The van der Waals surface area contributed by atoms with Gasteiger partial charge >= 0.3 is 11.3 Å². The average molecular weight is 327 g/mol. The maximum atomic E-state index is 12.7. The van der Waals surface area contributed by atoms with E-state index in [2.05, 4.69) is 17.3 Å². The van der Waals surface area contributed by atoms with Gasteiger partial charge < -0.3 is 14.9 Å². The summed E-state index contributed by atoms with van der Waals surface area (Å²) in [6.45, 7) is -0.122. The van der Waals surface area contributed by atoms with Gasteiger partial charge in [-0.3, -0.25) is 0 Å². The van der Waals surface area contributed by atoms with Crippen molar-refractivity contribution < 1.29 is 28.1 Å².